The molecule has 1 saturated heterocycles. The topological polar surface area (TPSA) is 110 Å². The van der Waals surface area contributed by atoms with Gasteiger partial charge in [-0.25, -0.2) is 9.99 Å². The Kier molecular flexibility index (Phi) is 7.51. The van der Waals surface area contributed by atoms with Crippen LogP contribution >= 0.6 is 0 Å². The fourth-order valence-electron chi connectivity index (χ4n) is 4.39. The molecule has 0 aliphatic carbocycles. The van der Waals surface area contributed by atoms with Crippen molar-refractivity contribution in [2.24, 2.45) is 7.05 Å². The highest BCUT2D eigenvalue weighted by molar-refractivity contribution is 6.10. The summed E-state index contributed by atoms with van der Waals surface area (Å²) in [5, 5.41) is 8.15. The number of hydrogen-bond acceptors (Lipinski definition) is 6. The third-order valence-corrected chi connectivity index (χ3v) is 6.24. The number of alkyl halides is 3. The van der Waals surface area contributed by atoms with Crippen LogP contribution in [0.1, 0.15) is 54.7 Å². The molecule has 0 atom stereocenters. The van der Waals surface area contributed by atoms with Crippen LogP contribution in [0.2, 0.25) is 0 Å². The molecule has 5 rings (SSSR count). The number of anilines is 1. The zero-order valence-electron chi connectivity index (χ0n) is 21.3. The lowest BCUT2D eigenvalue weighted by Crippen LogP contribution is -2.51. The highest BCUT2D eigenvalue weighted by Gasteiger charge is 2.32. The van der Waals surface area contributed by atoms with Crippen molar-refractivity contribution in [3.8, 4) is 0 Å². The first-order chi connectivity index (χ1) is 18.1. The third-order valence-electron chi connectivity index (χ3n) is 6.24. The van der Waals surface area contributed by atoms with E-state index in [0.717, 1.165) is 12.3 Å². The second kappa shape index (κ2) is 10.6. The standard InChI is InChI=1S/C24H22F3N7O2.C2H6/c1-32-21-17-10-14(5-8-19(17)31-22(28)18(21)12-30-32)23(36)34(33-9-3-2-4-20(33)35)13-16-7-6-15(11-29-16)24(25,26)27;1-2/h5-8,10-12H,2-4,9,13H2,1H3,(H2,28,31);1-2H3. The van der Waals surface area contributed by atoms with E-state index in [1.165, 1.54) is 16.1 Å². The first-order valence-corrected chi connectivity index (χ1v) is 12.3. The molecule has 0 spiro atoms. The number of nitrogens with two attached hydrogens (primary N) is 1. The van der Waals surface area contributed by atoms with Crippen LogP contribution in [0.5, 0.6) is 0 Å². The van der Waals surface area contributed by atoms with Gasteiger partial charge in [0.15, 0.2) is 0 Å². The van der Waals surface area contributed by atoms with Crippen LogP contribution in [0.25, 0.3) is 21.8 Å². The van der Waals surface area contributed by atoms with Crippen molar-refractivity contribution < 1.29 is 22.8 Å². The summed E-state index contributed by atoms with van der Waals surface area (Å²) in [6.07, 6.45) is -0.518. The minimum atomic E-state index is -4.52. The van der Waals surface area contributed by atoms with Gasteiger partial charge in [0.05, 0.1) is 40.4 Å². The van der Waals surface area contributed by atoms with Crippen molar-refractivity contribution in [1.29, 1.82) is 0 Å². The van der Waals surface area contributed by atoms with E-state index in [0.29, 0.717) is 47.0 Å². The fraction of sp³-hybridized carbons (Fsp3) is 0.346. The van der Waals surface area contributed by atoms with Gasteiger partial charge in [-0.3, -0.25) is 24.3 Å². The second-order valence-electron chi connectivity index (χ2n) is 8.63. The molecule has 1 aromatic carbocycles. The summed E-state index contributed by atoms with van der Waals surface area (Å²) >= 11 is 0. The zero-order valence-corrected chi connectivity index (χ0v) is 21.3. The molecule has 4 aromatic rings. The van der Waals surface area contributed by atoms with Crippen molar-refractivity contribution in [2.45, 2.75) is 45.8 Å². The lowest BCUT2D eigenvalue weighted by molar-refractivity contribution is -0.148. The number of aryl methyl sites for hydroxylation is 1. The number of amides is 2. The normalized spacial score (nSPS) is 13.9. The van der Waals surface area contributed by atoms with E-state index in [1.807, 2.05) is 13.8 Å². The maximum Gasteiger partial charge on any atom is 0.417 e. The van der Waals surface area contributed by atoms with Crippen LogP contribution < -0.4 is 5.73 Å². The van der Waals surface area contributed by atoms with Gasteiger partial charge in [0.1, 0.15) is 5.82 Å². The van der Waals surface area contributed by atoms with Crippen LogP contribution in [-0.2, 0) is 24.6 Å². The van der Waals surface area contributed by atoms with Crippen LogP contribution in [0.15, 0.2) is 42.7 Å². The average molecular weight is 528 g/mol. The Morgan fingerprint density at radius 3 is 2.53 bits per heavy atom. The molecule has 0 unspecified atom stereocenters. The van der Waals surface area contributed by atoms with Gasteiger partial charge >= 0.3 is 6.18 Å². The minimum absolute atomic E-state index is 0.165. The Balaban J connectivity index is 0.00000164. The van der Waals surface area contributed by atoms with Crippen LogP contribution in [0, 0.1) is 0 Å². The van der Waals surface area contributed by atoms with E-state index in [9.17, 15) is 22.8 Å². The van der Waals surface area contributed by atoms with Gasteiger partial charge in [-0.2, -0.15) is 18.3 Å². The molecule has 2 amide bonds. The van der Waals surface area contributed by atoms with E-state index in [2.05, 4.69) is 15.1 Å². The van der Waals surface area contributed by atoms with Crippen molar-refractivity contribution in [1.82, 2.24) is 29.8 Å². The molecule has 0 saturated carbocycles. The second-order valence-corrected chi connectivity index (χ2v) is 8.63. The largest absolute Gasteiger partial charge is 0.417 e. The molecular weight excluding hydrogens is 499 g/mol. The molecule has 1 aliphatic heterocycles. The first kappa shape index (κ1) is 26.8. The summed E-state index contributed by atoms with van der Waals surface area (Å²) in [6, 6.07) is 7.03. The summed E-state index contributed by atoms with van der Waals surface area (Å²) in [7, 11) is 1.75. The lowest BCUT2D eigenvalue weighted by Gasteiger charge is -2.37. The number of hydrogen-bond donors (Lipinski definition) is 1. The Bertz CT molecular complexity index is 1480. The van der Waals surface area contributed by atoms with Gasteiger partial charge in [0, 0.05) is 37.2 Å². The fourth-order valence-corrected chi connectivity index (χ4v) is 4.39. The number of aromatic nitrogens is 4. The Hall–Kier alpha value is -4.22. The Morgan fingerprint density at radius 1 is 1.11 bits per heavy atom. The number of pyridine rings is 2. The van der Waals surface area contributed by atoms with E-state index in [1.54, 1.807) is 36.1 Å². The summed E-state index contributed by atoms with van der Waals surface area (Å²) < 4.78 is 40.5. The number of hydrazine groups is 1. The summed E-state index contributed by atoms with van der Waals surface area (Å²) in [5.41, 5.74) is 6.95. The molecule has 0 bridgehead atoms. The lowest BCUT2D eigenvalue weighted by atomic mass is 10.1. The van der Waals surface area contributed by atoms with Gasteiger partial charge < -0.3 is 5.73 Å². The van der Waals surface area contributed by atoms with Crippen LogP contribution in [0.3, 0.4) is 0 Å². The molecule has 1 fully saturated rings. The highest BCUT2D eigenvalue weighted by atomic mass is 19.4. The molecule has 4 heterocycles. The molecule has 3 aromatic heterocycles. The van der Waals surface area contributed by atoms with Crippen molar-refractivity contribution in [3.05, 3.63) is 59.5 Å². The third kappa shape index (κ3) is 5.11. The van der Waals surface area contributed by atoms with Crippen LogP contribution in [-0.4, -0.2) is 48.1 Å². The minimum Gasteiger partial charge on any atom is -0.383 e. The number of fused-ring (bicyclic) bond motifs is 3. The monoisotopic (exact) mass is 527 g/mol. The summed E-state index contributed by atoms with van der Waals surface area (Å²) in [5.74, 6) is -0.398. The quantitative estimate of drug-likeness (QED) is 0.412. The van der Waals surface area contributed by atoms with Crippen molar-refractivity contribution in [3.63, 3.8) is 0 Å². The number of halogens is 3. The maximum atomic E-state index is 13.7. The Morgan fingerprint density at radius 2 is 1.87 bits per heavy atom. The number of piperidine rings is 1. The molecule has 12 heteroatoms. The SMILES string of the molecule is CC.Cn1ncc2c(N)nc3ccc(C(=O)N(Cc4ccc(C(F)(F)F)cn4)N4CCCCC4=O)cc3c21. The maximum absolute atomic E-state index is 13.7. The first-order valence-electron chi connectivity index (χ1n) is 12.3. The number of nitrogen functional groups attached to an aromatic ring is 1. The van der Waals surface area contributed by atoms with E-state index >= 15 is 0 Å². The number of nitrogens with zero attached hydrogens (tertiary/aromatic N) is 6. The highest BCUT2D eigenvalue weighted by Crippen LogP contribution is 2.30. The zero-order chi connectivity index (χ0) is 27.6. The van der Waals surface area contributed by atoms with E-state index in [-0.39, 0.29) is 30.1 Å². The molecule has 9 nitrogen and oxygen atoms in total. The number of benzene rings is 1. The molecule has 200 valence electrons. The smallest absolute Gasteiger partial charge is 0.383 e. The van der Waals surface area contributed by atoms with Gasteiger partial charge in [-0.1, -0.05) is 13.8 Å². The summed E-state index contributed by atoms with van der Waals surface area (Å²) in [6.45, 7) is 4.16. The summed E-state index contributed by atoms with van der Waals surface area (Å²) in [4.78, 5) is 34.7. The van der Waals surface area contributed by atoms with Crippen LogP contribution in [0.4, 0.5) is 19.0 Å². The van der Waals surface area contributed by atoms with E-state index < -0.39 is 17.6 Å². The number of rotatable bonds is 4. The van der Waals surface area contributed by atoms with Crippen molar-refractivity contribution >= 4 is 39.4 Å². The molecule has 0 radical (unpaired) electrons. The van der Waals surface area contributed by atoms with E-state index in [4.69, 9.17) is 5.73 Å². The van der Waals surface area contributed by atoms with Gasteiger partial charge in [0.25, 0.3) is 5.91 Å². The number of carbonyl (C=O) groups excluding carboxylic acids is 2. The van der Waals surface area contributed by atoms with Gasteiger partial charge in [-0.15, -0.1) is 0 Å². The molecular formula is C26H28F3N7O2. The molecule has 38 heavy (non-hydrogen) atoms. The van der Waals surface area contributed by atoms with Gasteiger partial charge in [0.2, 0.25) is 5.91 Å². The predicted octanol–water partition coefficient (Wildman–Crippen LogP) is 4.71. The van der Waals surface area contributed by atoms with Gasteiger partial charge in [-0.05, 0) is 43.2 Å². The van der Waals surface area contributed by atoms with Crippen molar-refractivity contribution in [2.75, 3.05) is 12.3 Å². The molecule has 1 aliphatic rings. The molecule has 2 N–H and O–H groups in total. The average Bonchev–Trinajstić information content (AvgIpc) is 3.31. The Labute approximate surface area is 217 Å². The predicted molar refractivity (Wildman–Crippen MR) is 136 cm³/mol. The number of carbonyl (C=O) groups is 2.